The van der Waals surface area contributed by atoms with E-state index in [-0.39, 0.29) is 46.4 Å². The molecule has 6 aliphatic rings. The third-order valence-electron chi connectivity index (χ3n) is 17.1. The van der Waals surface area contributed by atoms with E-state index in [9.17, 15) is 24.9 Å². The number of urea groups is 1. The molecular formula is C47H71N3O6. The van der Waals surface area contributed by atoms with Gasteiger partial charge in [0.05, 0.1) is 12.6 Å². The van der Waals surface area contributed by atoms with Crippen molar-refractivity contribution in [3.05, 3.63) is 53.6 Å². The van der Waals surface area contributed by atoms with Crippen LogP contribution >= 0.6 is 0 Å². The Bertz CT molecular complexity index is 1730. The predicted octanol–water partition coefficient (Wildman–Crippen LogP) is 8.70. The Morgan fingerprint density at radius 3 is 2.25 bits per heavy atom. The summed E-state index contributed by atoms with van der Waals surface area (Å²) < 4.78 is 5.62. The molecule has 4 N–H and O–H groups in total. The molecule has 9 heteroatoms. The van der Waals surface area contributed by atoms with Crippen LogP contribution in [-0.4, -0.2) is 80.7 Å². The number of ether oxygens (including phenoxy) is 1. The van der Waals surface area contributed by atoms with Crippen molar-refractivity contribution in [1.29, 1.82) is 0 Å². The number of nitrogens with one attached hydrogen (secondary N) is 1. The molecule has 0 spiro atoms. The maximum Gasteiger partial charge on any atom is 0.410 e. The molecule has 1 saturated heterocycles. The van der Waals surface area contributed by atoms with Crippen LogP contribution in [0.5, 0.6) is 0 Å². The first kappa shape index (κ1) is 41.3. The third-order valence-corrected chi connectivity index (χ3v) is 17.1. The minimum absolute atomic E-state index is 0.0290. The van der Waals surface area contributed by atoms with Gasteiger partial charge in [0, 0.05) is 30.7 Å². The minimum Gasteiger partial charge on any atom is -0.444 e. The Morgan fingerprint density at radius 1 is 0.929 bits per heavy atom. The number of piperazine rings is 1. The molecule has 9 nitrogen and oxygen atoms in total. The zero-order valence-corrected chi connectivity index (χ0v) is 35.8. The number of aliphatic hydroxyl groups excluding tert-OH is 2. The number of carbonyl (C=O) groups is 2. The van der Waals surface area contributed by atoms with Crippen molar-refractivity contribution in [2.45, 2.75) is 144 Å². The van der Waals surface area contributed by atoms with Gasteiger partial charge in [-0.05, 0) is 148 Å². The number of allylic oxidation sites excluding steroid dienone is 3. The summed E-state index contributed by atoms with van der Waals surface area (Å²) in [6.45, 7) is 25.8. The fourth-order valence-electron chi connectivity index (χ4n) is 14.4. The van der Waals surface area contributed by atoms with Gasteiger partial charge >= 0.3 is 12.1 Å². The smallest absolute Gasteiger partial charge is 0.410 e. The molecule has 4 saturated carbocycles. The summed E-state index contributed by atoms with van der Waals surface area (Å²) in [6.07, 6.45) is 10.4. The second-order valence-corrected chi connectivity index (χ2v) is 21.3. The van der Waals surface area contributed by atoms with E-state index >= 15 is 0 Å². The van der Waals surface area contributed by atoms with Gasteiger partial charge in [-0.15, -0.1) is 0 Å². The first-order chi connectivity index (χ1) is 26.1. The van der Waals surface area contributed by atoms with Crippen LogP contribution < -0.4 is 5.32 Å². The summed E-state index contributed by atoms with van der Waals surface area (Å²) in [5.41, 5.74) is 3.75. The largest absolute Gasteiger partial charge is 0.444 e. The number of fused-ring (bicyclic) bond motifs is 7. The highest BCUT2D eigenvalue weighted by molar-refractivity contribution is 5.77. The summed E-state index contributed by atoms with van der Waals surface area (Å²) in [5, 5.41) is 33.6. The lowest BCUT2D eigenvalue weighted by Crippen LogP contribution is -2.69. The monoisotopic (exact) mass is 774 g/mol. The van der Waals surface area contributed by atoms with Crippen LogP contribution in [0.25, 0.3) is 5.57 Å². The van der Waals surface area contributed by atoms with Crippen molar-refractivity contribution in [1.82, 2.24) is 15.1 Å². The highest BCUT2D eigenvalue weighted by Crippen LogP contribution is 2.76. The number of rotatable bonds is 5. The molecule has 5 aliphatic carbocycles. The lowest BCUT2D eigenvalue weighted by molar-refractivity contribution is -0.218. The van der Waals surface area contributed by atoms with Crippen molar-refractivity contribution in [2.75, 3.05) is 26.2 Å². The van der Waals surface area contributed by atoms with Crippen LogP contribution in [0.15, 0.2) is 42.5 Å². The Balaban J connectivity index is 1.14. The van der Waals surface area contributed by atoms with E-state index in [2.05, 4.69) is 71.6 Å². The Labute approximate surface area is 336 Å². The number of benzene rings is 1. The van der Waals surface area contributed by atoms with E-state index in [0.29, 0.717) is 48.2 Å². The van der Waals surface area contributed by atoms with Gasteiger partial charge in [-0.3, -0.25) is 0 Å². The summed E-state index contributed by atoms with van der Waals surface area (Å²) in [5.74, 6) is 2.22. The maximum atomic E-state index is 14.4. The SMILES string of the molecule is C=C(C)C1CCC2(NC(=O)N3CCN(C(=O)OC(C)(C)C)CC3CO)CCC3(C)C(CCC4C5(C)CC=C(c6ccc(C(O)O)cc6)C(C)(C)C5CCC43C)C12. The molecule has 0 aromatic heterocycles. The molecule has 7 rings (SSSR count). The molecule has 3 amide bonds. The van der Waals surface area contributed by atoms with Gasteiger partial charge in [0.1, 0.15) is 5.60 Å². The number of aliphatic hydroxyl groups is 3. The Morgan fingerprint density at radius 2 is 1.62 bits per heavy atom. The third kappa shape index (κ3) is 6.45. The highest BCUT2D eigenvalue weighted by atomic mass is 16.6. The number of hydrogen-bond donors (Lipinski definition) is 4. The van der Waals surface area contributed by atoms with Crippen molar-refractivity contribution in [3.63, 3.8) is 0 Å². The average Bonchev–Trinajstić information content (AvgIpc) is 3.50. The van der Waals surface area contributed by atoms with Crippen molar-refractivity contribution >= 4 is 17.7 Å². The molecule has 1 aromatic carbocycles. The first-order valence-electron chi connectivity index (χ1n) is 21.6. The van der Waals surface area contributed by atoms with Gasteiger partial charge in [-0.25, -0.2) is 9.59 Å². The van der Waals surface area contributed by atoms with Gasteiger partial charge < -0.3 is 35.2 Å². The van der Waals surface area contributed by atoms with Crippen molar-refractivity contribution < 1.29 is 29.6 Å². The molecule has 1 heterocycles. The standard InChI is InChI=1S/C47H71N3O6/c1-29(2)33-17-22-47(48-40(54)50-26-25-49(27-32(50)28-51)41(55)56-42(3,4)5)24-23-45(9)35(38(33)47)15-16-37-44(8)20-18-34(30-11-13-31(14-12-30)39(52)53)43(6,7)36(44)19-21-46(37,45)10/h11-14,18,32-33,35-39,51-53H,1,15-17,19-28H2,2-10H3,(H,48,54). The Hall–Kier alpha value is -2.88. The molecule has 1 aliphatic heterocycles. The van der Waals surface area contributed by atoms with E-state index in [4.69, 9.17) is 4.74 Å². The Kier molecular flexibility index (Phi) is 10.4. The number of nitrogens with zero attached hydrogens (tertiary/aromatic N) is 2. The zero-order valence-electron chi connectivity index (χ0n) is 35.8. The summed E-state index contributed by atoms with van der Waals surface area (Å²) in [7, 11) is 0. The van der Waals surface area contributed by atoms with Gasteiger partial charge in [0.2, 0.25) is 0 Å². The zero-order chi connectivity index (χ0) is 40.8. The van der Waals surface area contributed by atoms with Crippen LogP contribution in [0.3, 0.4) is 0 Å². The molecule has 0 radical (unpaired) electrons. The van der Waals surface area contributed by atoms with E-state index in [0.717, 1.165) is 38.5 Å². The minimum atomic E-state index is -1.46. The predicted molar refractivity (Wildman–Crippen MR) is 220 cm³/mol. The summed E-state index contributed by atoms with van der Waals surface area (Å²) in [4.78, 5) is 30.7. The van der Waals surface area contributed by atoms with Crippen LogP contribution in [0.4, 0.5) is 9.59 Å². The highest BCUT2D eigenvalue weighted by Gasteiger charge is 2.70. The lowest BCUT2D eigenvalue weighted by atomic mass is 9.33. The van der Waals surface area contributed by atoms with Gasteiger partial charge in [-0.1, -0.05) is 77.1 Å². The molecule has 10 atom stereocenters. The first-order valence-corrected chi connectivity index (χ1v) is 21.6. The van der Waals surface area contributed by atoms with E-state index < -0.39 is 24.0 Å². The van der Waals surface area contributed by atoms with Crippen molar-refractivity contribution in [3.8, 4) is 0 Å². The maximum absolute atomic E-state index is 14.4. The van der Waals surface area contributed by atoms with Crippen molar-refractivity contribution in [2.24, 2.45) is 51.2 Å². The molecule has 0 bridgehead atoms. The summed E-state index contributed by atoms with van der Waals surface area (Å²) >= 11 is 0. The van der Waals surface area contributed by atoms with Crippen LogP contribution in [0, 0.1) is 51.2 Å². The van der Waals surface area contributed by atoms with Gasteiger partial charge in [-0.2, -0.15) is 0 Å². The van der Waals surface area contributed by atoms with Crippen LogP contribution in [0.1, 0.15) is 138 Å². The second kappa shape index (κ2) is 14.1. The number of carbonyl (C=O) groups excluding carboxylic acids is 2. The second-order valence-electron chi connectivity index (χ2n) is 21.3. The normalized spacial score (nSPS) is 39.1. The van der Waals surface area contributed by atoms with Crippen LogP contribution in [-0.2, 0) is 4.74 Å². The molecular weight excluding hydrogens is 703 g/mol. The molecule has 1 aromatic rings. The fourth-order valence-corrected chi connectivity index (χ4v) is 14.4. The lowest BCUT2D eigenvalue weighted by Gasteiger charge is -2.72. The molecule has 5 fully saturated rings. The molecule has 10 unspecified atom stereocenters. The van der Waals surface area contributed by atoms with Gasteiger partial charge in [0.15, 0.2) is 6.29 Å². The quantitative estimate of drug-likeness (QED) is 0.176. The van der Waals surface area contributed by atoms with E-state index in [1.807, 2.05) is 32.9 Å². The van der Waals surface area contributed by atoms with Crippen LogP contribution in [0.2, 0.25) is 0 Å². The van der Waals surface area contributed by atoms with Gasteiger partial charge in [0.25, 0.3) is 0 Å². The number of amides is 3. The molecule has 310 valence electrons. The van der Waals surface area contributed by atoms with E-state index in [1.165, 1.54) is 36.0 Å². The average molecular weight is 774 g/mol. The topological polar surface area (TPSA) is 123 Å². The fraction of sp³-hybridized carbons (Fsp3) is 0.745. The number of hydrogen-bond acceptors (Lipinski definition) is 6. The molecule has 56 heavy (non-hydrogen) atoms. The van der Waals surface area contributed by atoms with E-state index in [1.54, 1.807) is 9.80 Å². The summed E-state index contributed by atoms with van der Waals surface area (Å²) in [6, 6.07) is 7.19.